The molecular weight excluding hydrogens is 296 g/mol. The summed E-state index contributed by atoms with van der Waals surface area (Å²) in [5.41, 5.74) is 7.14. The molecule has 0 saturated heterocycles. The molecule has 2 N–H and O–H groups in total. The lowest BCUT2D eigenvalue weighted by atomic mass is 10.1. The van der Waals surface area contributed by atoms with E-state index < -0.39 is 11.7 Å². The molecule has 4 nitrogen and oxygen atoms in total. The van der Waals surface area contributed by atoms with Crippen LogP contribution < -0.4 is 10.9 Å². The quantitative estimate of drug-likeness (QED) is 0.842. The van der Waals surface area contributed by atoms with Crippen LogP contribution in [0.15, 0.2) is 22.7 Å². The summed E-state index contributed by atoms with van der Waals surface area (Å²) >= 11 is 3.41. The van der Waals surface area contributed by atoms with Crippen LogP contribution in [-0.2, 0) is 11.3 Å². The first-order valence-corrected chi connectivity index (χ1v) is 6.54. The van der Waals surface area contributed by atoms with Crippen molar-refractivity contribution >= 4 is 22.0 Å². The third-order valence-corrected chi connectivity index (χ3v) is 2.67. The third kappa shape index (κ3) is 5.51. The van der Waals surface area contributed by atoms with Crippen LogP contribution in [0.4, 0.5) is 4.79 Å². The lowest BCUT2D eigenvalue weighted by molar-refractivity contribution is 0.0497. The van der Waals surface area contributed by atoms with Crippen molar-refractivity contribution in [3.63, 3.8) is 0 Å². The van der Waals surface area contributed by atoms with Gasteiger partial charge < -0.3 is 4.74 Å². The molecule has 5 heteroatoms. The van der Waals surface area contributed by atoms with E-state index in [9.17, 15) is 4.79 Å². The molecule has 100 valence electrons. The standard InChI is InChI=1S/C13H19BrN2O2/c1-9-7-11(14)6-5-10(9)8-15-16-12(17)18-13(2,3)4/h5-7,15H,8H2,1-4H3,(H,16,17). The third-order valence-electron chi connectivity index (χ3n) is 2.17. The van der Waals surface area contributed by atoms with Crippen LogP contribution in [-0.4, -0.2) is 11.7 Å². The number of benzene rings is 1. The van der Waals surface area contributed by atoms with Crippen LogP contribution >= 0.6 is 15.9 Å². The highest BCUT2D eigenvalue weighted by molar-refractivity contribution is 9.10. The minimum absolute atomic E-state index is 0.475. The first-order valence-electron chi connectivity index (χ1n) is 5.75. The highest BCUT2D eigenvalue weighted by Crippen LogP contribution is 2.15. The Bertz CT molecular complexity index is 427. The molecule has 0 bridgehead atoms. The van der Waals surface area contributed by atoms with E-state index in [1.165, 1.54) is 0 Å². The number of rotatable bonds is 3. The SMILES string of the molecule is Cc1cc(Br)ccc1CNNC(=O)OC(C)(C)C. The van der Waals surface area contributed by atoms with Gasteiger partial charge in [-0.1, -0.05) is 22.0 Å². The number of ether oxygens (including phenoxy) is 1. The van der Waals surface area contributed by atoms with Gasteiger partial charge in [0.25, 0.3) is 0 Å². The lowest BCUT2D eigenvalue weighted by Crippen LogP contribution is -2.40. The van der Waals surface area contributed by atoms with Crippen molar-refractivity contribution in [1.82, 2.24) is 10.9 Å². The van der Waals surface area contributed by atoms with E-state index >= 15 is 0 Å². The number of halogens is 1. The fourth-order valence-corrected chi connectivity index (χ4v) is 1.85. The Kier molecular flexibility index (Phi) is 5.16. The fraction of sp³-hybridized carbons (Fsp3) is 0.462. The summed E-state index contributed by atoms with van der Waals surface area (Å²) in [6, 6.07) is 6.01. The molecule has 0 aromatic heterocycles. The summed E-state index contributed by atoms with van der Waals surface area (Å²) in [5, 5.41) is 0. The largest absolute Gasteiger partial charge is 0.443 e. The number of aryl methyl sites for hydroxylation is 1. The van der Waals surface area contributed by atoms with Crippen LogP contribution in [0.25, 0.3) is 0 Å². The molecule has 0 aliphatic rings. The van der Waals surface area contributed by atoms with E-state index in [0.717, 1.165) is 15.6 Å². The first-order chi connectivity index (χ1) is 8.28. The van der Waals surface area contributed by atoms with Crippen molar-refractivity contribution < 1.29 is 9.53 Å². The Labute approximate surface area is 116 Å². The molecule has 0 aliphatic carbocycles. The predicted molar refractivity (Wildman–Crippen MR) is 75.1 cm³/mol. The Balaban J connectivity index is 2.40. The van der Waals surface area contributed by atoms with Crippen LogP contribution in [0.2, 0.25) is 0 Å². The van der Waals surface area contributed by atoms with Gasteiger partial charge >= 0.3 is 6.09 Å². The number of amides is 1. The Morgan fingerprint density at radius 2 is 2.06 bits per heavy atom. The molecule has 0 unspecified atom stereocenters. The highest BCUT2D eigenvalue weighted by atomic mass is 79.9. The number of nitrogens with one attached hydrogen (secondary N) is 2. The van der Waals surface area contributed by atoms with Gasteiger partial charge in [-0.2, -0.15) is 0 Å². The van der Waals surface area contributed by atoms with Gasteiger partial charge in [0.2, 0.25) is 0 Å². The van der Waals surface area contributed by atoms with E-state index in [2.05, 4.69) is 26.8 Å². The van der Waals surface area contributed by atoms with E-state index in [1.807, 2.05) is 45.9 Å². The molecule has 1 amide bonds. The maximum Gasteiger partial charge on any atom is 0.422 e. The molecule has 18 heavy (non-hydrogen) atoms. The summed E-state index contributed by atoms with van der Waals surface area (Å²) in [7, 11) is 0. The van der Waals surface area contributed by atoms with Crippen molar-refractivity contribution in [1.29, 1.82) is 0 Å². The lowest BCUT2D eigenvalue weighted by Gasteiger charge is -2.20. The van der Waals surface area contributed by atoms with Crippen molar-refractivity contribution in [2.75, 3.05) is 0 Å². The van der Waals surface area contributed by atoms with Crippen LogP contribution in [0.3, 0.4) is 0 Å². The predicted octanol–water partition coefficient (Wildman–Crippen LogP) is 3.29. The zero-order valence-corrected chi connectivity index (χ0v) is 12.7. The van der Waals surface area contributed by atoms with Gasteiger partial charge in [0, 0.05) is 11.0 Å². The molecular formula is C13H19BrN2O2. The second-order valence-corrected chi connectivity index (χ2v) is 5.97. The molecule has 0 spiro atoms. The van der Waals surface area contributed by atoms with Gasteiger partial charge in [0.05, 0.1) is 0 Å². The smallest absolute Gasteiger partial charge is 0.422 e. The molecule has 0 heterocycles. The Morgan fingerprint density at radius 1 is 1.39 bits per heavy atom. The molecule has 0 saturated carbocycles. The molecule has 1 aromatic carbocycles. The van der Waals surface area contributed by atoms with Gasteiger partial charge in [-0.15, -0.1) is 0 Å². The molecule has 1 aromatic rings. The minimum Gasteiger partial charge on any atom is -0.443 e. The topological polar surface area (TPSA) is 50.4 Å². The maximum atomic E-state index is 11.4. The second kappa shape index (κ2) is 6.20. The number of hydrogen-bond donors (Lipinski definition) is 2. The molecule has 1 rings (SSSR count). The van der Waals surface area contributed by atoms with Gasteiger partial charge in [-0.25, -0.2) is 10.2 Å². The molecule has 0 radical (unpaired) electrons. The zero-order valence-electron chi connectivity index (χ0n) is 11.1. The number of carbonyl (C=O) groups is 1. The van der Waals surface area contributed by atoms with Gasteiger partial charge in [-0.3, -0.25) is 5.43 Å². The average molecular weight is 315 g/mol. The van der Waals surface area contributed by atoms with Gasteiger partial charge in [0.1, 0.15) is 5.60 Å². The monoisotopic (exact) mass is 314 g/mol. The maximum absolute atomic E-state index is 11.4. The average Bonchev–Trinajstić information content (AvgIpc) is 2.18. The van der Waals surface area contributed by atoms with E-state index in [0.29, 0.717) is 6.54 Å². The summed E-state index contributed by atoms with van der Waals surface area (Å²) in [6.45, 7) is 8.05. The van der Waals surface area contributed by atoms with Crippen molar-refractivity contribution in [2.24, 2.45) is 0 Å². The highest BCUT2D eigenvalue weighted by Gasteiger charge is 2.15. The van der Waals surface area contributed by atoms with Crippen molar-refractivity contribution in [3.8, 4) is 0 Å². The molecule has 0 fully saturated rings. The van der Waals surface area contributed by atoms with Crippen LogP contribution in [0.5, 0.6) is 0 Å². The van der Waals surface area contributed by atoms with Crippen LogP contribution in [0.1, 0.15) is 31.9 Å². The Hall–Kier alpha value is -1.07. The van der Waals surface area contributed by atoms with Crippen LogP contribution in [0, 0.1) is 6.92 Å². The number of hydrazine groups is 1. The zero-order chi connectivity index (χ0) is 13.8. The normalized spacial score (nSPS) is 11.2. The first kappa shape index (κ1) is 15.0. The van der Waals surface area contributed by atoms with Gasteiger partial charge in [-0.05, 0) is 51.0 Å². The Morgan fingerprint density at radius 3 is 2.61 bits per heavy atom. The van der Waals surface area contributed by atoms with E-state index in [4.69, 9.17) is 4.74 Å². The van der Waals surface area contributed by atoms with Gasteiger partial charge in [0.15, 0.2) is 0 Å². The van der Waals surface area contributed by atoms with E-state index in [1.54, 1.807) is 0 Å². The molecule has 0 aliphatic heterocycles. The summed E-state index contributed by atoms with van der Waals surface area (Å²) in [4.78, 5) is 11.4. The van der Waals surface area contributed by atoms with Crippen molar-refractivity contribution in [3.05, 3.63) is 33.8 Å². The number of hydrogen-bond acceptors (Lipinski definition) is 3. The second-order valence-electron chi connectivity index (χ2n) is 5.05. The summed E-state index contributed by atoms with van der Waals surface area (Å²) < 4.78 is 6.15. The number of carbonyl (C=O) groups excluding carboxylic acids is 1. The molecule has 0 atom stereocenters. The minimum atomic E-state index is -0.487. The fourth-order valence-electron chi connectivity index (χ4n) is 1.37. The van der Waals surface area contributed by atoms with E-state index in [-0.39, 0.29) is 0 Å². The summed E-state index contributed by atoms with van der Waals surface area (Å²) in [5.74, 6) is 0. The summed E-state index contributed by atoms with van der Waals surface area (Å²) in [6.07, 6.45) is -0.475. The van der Waals surface area contributed by atoms with Crippen molar-refractivity contribution in [2.45, 2.75) is 39.8 Å².